The number of nitrogens with zero attached hydrogens (tertiary/aromatic N) is 4. The maximum Gasteiger partial charge on any atom is 0.177 e. The first-order valence-electron chi connectivity index (χ1n) is 12.6. The molecule has 9 heteroatoms. The average Bonchev–Trinajstić information content (AvgIpc) is 3.53. The fourth-order valence-corrected chi connectivity index (χ4v) is 6.34. The molecule has 3 aromatic heterocycles. The molecule has 3 aromatic rings. The van der Waals surface area contributed by atoms with E-state index in [9.17, 15) is 4.39 Å². The van der Waals surface area contributed by atoms with Crippen LogP contribution in [0, 0.1) is 18.0 Å². The van der Waals surface area contributed by atoms with Crippen molar-refractivity contribution in [2.75, 3.05) is 26.3 Å². The normalized spacial score (nSPS) is 19.1. The summed E-state index contributed by atoms with van der Waals surface area (Å²) in [6, 6.07) is 5.73. The molecule has 0 aromatic carbocycles. The van der Waals surface area contributed by atoms with Crippen LogP contribution >= 0.6 is 11.3 Å². The van der Waals surface area contributed by atoms with E-state index in [-0.39, 0.29) is 10.7 Å². The number of pyridine rings is 1. The Bertz CT molecular complexity index is 1180. The Labute approximate surface area is 215 Å². The quantitative estimate of drug-likeness (QED) is 0.462. The zero-order valence-corrected chi connectivity index (χ0v) is 21.6. The Morgan fingerprint density at radius 3 is 2.86 bits per heavy atom. The summed E-state index contributed by atoms with van der Waals surface area (Å²) in [4.78, 5) is 16.2. The molecule has 0 unspecified atom stereocenters. The van der Waals surface area contributed by atoms with Crippen molar-refractivity contribution in [2.45, 2.75) is 57.8 Å². The van der Waals surface area contributed by atoms with Gasteiger partial charge < -0.3 is 14.3 Å². The number of aromatic nitrogens is 3. The van der Waals surface area contributed by atoms with Crippen LogP contribution in [0.2, 0.25) is 0 Å². The van der Waals surface area contributed by atoms with E-state index in [0.29, 0.717) is 13.2 Å². The van der Waals surface area contributed by atoms with Gasteiger partial charge in [0.25, 0.3) is 0 Å². The molecule has 6 rings (SSSR count). The van der Waals surface area contributed by atoms with Crippen LogP contribution < -0.4 is 0 Å². The molecule has 1 saturated heterocycles. The molecule has 5 heterocycles. The van der Waals surface area contributed by atoms with Gasteiger partial charge in [0, 0.05) is 54.6 Å². The van der Waals surface area contributed by atoms with Crippen molar-refractivity contribution in [3.05, 3.63) is 63.0 Å². The number of likely N-dealkylation sites (tertiary alicyclic amines) is 1. The highest BCUT2D eigenvalue weighted by Gasteiger charge is 2.42. The first kappa shape index (κ1) is 25.2. The van der Waals surface area contributed by atoms with E-state index in [1.165, 1.54) is 29.7 Å². The minimum absolute atomic E-state index is 0.0906. The van der Waals surface area contributed by atoms with Gasteiger partial charge in [-0.25, -0.2) is 9.67 Å². The molecule has 2 fully saturated rings. The SMILES string of the molecule is C=O.Cc1nn(-c2ncccc2COCC2CC2)cc1CN1CCC2(CC1)OCCc1cc(F)sc12. The fourth-order valence-electron chi connectivity index (χ4n) is 5.20. The summed E-state index contributed by atoms with van der Waals surface area (Å²) in [6.45, 7) is 8.83. The van der Waals surface area contributed by atoms with Crippen molar-refractivity contribution in [3.63, 3.8) is 0 Å². The summed E-state index contributed by atoms with van der Waals surface area (Å²) in [5, 5.41) is 4.70. The highest BCUT2D eigenvalue weighted by Crippen LogP contribution is 2.45. The Balaban J connectivity index is 0.00000130. The number of hydrogen-bond donors (Lipinski definition) is 0. The Hall–Kier alpha value is -2.46. The lowest BCUT2D eigenvalue weighted by Crippen LogP contribution is -2.45. The van der Waals surface area contributed by atoms with Gasteiger partial charge in [0.05, 0.1) is 18.9 Å². The van der Waals surface area contributed by atoms with Gasteiger partial charge in [-0.1, -0.05) is 6.07 Å². The number of halogens is 1. The number of aryl methyl sites for hydroxylation is 1. The second-order valence-electron chi connectivity index (χ2n) is 9.90. The molecule has 0 atom stereocenters. The smallest absolute Gasteiger partial charge is 0.177 e. The number of carbonyl (C=O) groups is 1. The molecule has 0 radical (unpaired) electrons. The number of hydrogen-bond acceptors (Lipinski definition) is 7. The minimum atomic E-state index is -0.304. The second kappa shape index (κ2) is 10.9. The predicted octanol–water partition coefficient (Wildman–Crippen LogP) is 4.58. The van der Waals surface area contributed by atoms with Crippen LogP contribution in [0.15, 0.2) is 30.6 Å². The average molecular weight is 513 g/mol. The van der Waals surface area contributed by atoms with Gasteiger partial charge in [-0.05, 0) is 62.6 Å². The lowest BCUT2D eigenvalue weighted by molar-refractivity contribution is -0.0980. The number of fused-ring (bicyclic) bond motifs is 2. The van der Waals surface area contributed by atoms with E-state index in [0.717, 1.165) is 78.9 Å². The van der Waals surface area contributed by atoms with Crippen molar-refractivity contribution in [2.24, 2.45) is 5.92 Å². The van der Waals surface area contributed by atoms with E-state index in [1.54, 1.807) is 6.07 Å². The van der Waals surface area contributed by atoms with Gasteiger partial charge in [-0.2, -0.15) is 9.49 Å². The lowest BCUT2D eigenvalue weighted by atomic mass is 9.85. The van der Waals surface area contributed by atoms with Crippen molar-refractivity contribution in [3.8, 4) is 5.82 Å². The number of carbonyl (C=O) groups excluding carboxylic acids is 1. The first-order valence-corrected chi connectivity index (χ1v) is 13.4. The Morgan fingerprint density at radius 2 is 2.08 bits per heavy atom. The van der Waals surface area contributed by atoms with Gasteiger partial charge in [0.1, 0.15) is 12.4 Å². The van der Waals surface area contributed by atoms with Crippen LogP contribution in [-0.4, -0.2) is 52.8 Å². The number of rotatable bonds is 7. The molecule has 7 nitrogen and oxygen atoms in total. The molecule has 1 aliphatic carbocycles. The Kier molecular flexibility index (Phi) is 7.62. The van der Waals surface area contributed by atoms with Crippen LogP contribution in [0.5, 0.6) is 0 Å². The van der Waals surface area contributed by atoms with E-state index in [1.807, 2.05) is 23.7 Å². The van der Waals surface area contributed by atoms with Gasteiger partial charge in [-0.15, -0.1) is 11.3 Å². The largest absolute Gasteiger partial charge is 0.376 e. The van der Waals surface area contributed by atoms with Gasteiger partial charge >= 0.3 is 0 Å². The molecule has 3 aliphatic rings. The summed E-state index contributed by atoms with van der Waals surface area (Å²) in [7, 11) is 0. The molecule has 0 N–H and O–H groups in total. The molecule has 192 valence electrons. The molecule has 36 heavy (non-hydrogen) atoms. The molecule has 2 aliphatic heterocycles. The van der Waals surface area contributed by atoms with E-state index in [2.05, 4.69) is 29.1 Å². The van der Waals surface area contributed by atoms with Crippen LogP contribution in [0.25, 0.3) is 5.82 Å². The standard InChI is InChI=1S/C26H31FN4O2S.CH2O/c1-18-22(15-31(29-18)25-21(3-2-9-28-25)17-32-16-19-4-5-19)14-30-10-7-26(8-11-30)24-20(6-12-33-26)13-23(27)34-24;1-2/h2-3,9,13,15,19H,4-8,10-12,14,16-17H2,1H3;1H2. The lowest BCUT2D eigenvalue weighted by Gasteiger charge is -2.43. The molecule has 1 saturated carbocycles. The Morgan fingerprint density at radius 1 is 1.28 bits per heavy atom. The number of piperidine rings is 1. The summed E-state index contributed by atoms with van der Waals surface area (Å²) < 4.78 is 28.0. The zero-order valence-electron chi connectivity index (χ0n) is 20.7. The number of ether oxygens (including phenoxy) is 2. The van der Waals surface area contributed by atoms with Crippen LogP contribution in [0.1, 0.15) is 52.9 Å². The highest BCUT2D eigenvalue weighted by molar-refractivity contribution is 7.10. The first-order chi connectivity index (χ1) is 17.6. The monoisotopic (exact) mass is 512 g/mol. The maximum atomic E-state index is 13.9. The maximum absolute atomic E-state index is 13.9. The summed E-state index contributed by atoms with van der Waals surface area (Å²) in [5.74, 6) is 1.58. The van der Waals surface area contributed by atoms with Gasteiger partial charge in [-0.3, -0.25) is 4.90 Å². The topological polar surface area (TPSA) is 69.5 Å². The predicted molar refractivity (Wildman–Crippen MR) is 136 cm³/mol. The molecule has 1 spiro atoms. The van der Waals surface area contributed by atoms with E-state index >= 15 is 0 Å². The fraction of sp³-hybridized carbons (Fsp3) is 0.519. The third-order valence-corrected chi connectivity index (χ3v) is 8.54. The highest BCUT2D eigenvalue weighted by atomic mass is 32.1. The molecule has 0 bridgehead atoms. The van der Waals surface area contributed by atoms with Crippen molar-refractivity contribution in [1.29, 1.82) is 0 Å². The third kappa shape index (κ3) is 5.29. The zero-order chi connectivity index (χ0) is 25.1. The molecule has 0 amide bonds. The van der Waals surface area contributed by atoms with Crippen molar-refractivity contribution >= 4 is 18.1 Å². The second-order valence-corrected chi connectivity index (χ2v) is 10.9. The van der Waals surface area contributed by atoms with Gasteiger partial charge in [0.2, 0.25) is 0 Å². The summed E-state index contributed by atoms with van der Waals surface area (Å²) in [6.07, 6.45) is 9.11. The van der Waals surface area contributed by atoms with Gasteiger partial charge in [0.15, 0.2) is 10.9 Å². The minimum Gasteiger partial charge on any atom is -0.376 e. The van der Waals surface area contributed by atoms with Crippen LogP contribution in [-0.2, 0) is 39.4 Å². The van der Waals surface area contributed by atoms with Crippen molar-refractivity contribution < 1.29 is 18.7 Å². The molecular weight excluding hydrogens is 479 g/mol. The van der Waals surface area contributed by atoms with Crippen molar-refractivity contribution in [1.82, 2.24) is 19.7 Å². The van der Waals surface area contributed by atoms with Crippen LogP contribution in [0.3, 0.4) is 0 Å². The summed E-state index contributed by atoms with van der Waals surface area (Å²) >= 11 is 1.28. The van der Waals surface area contributed by atoms with E-state index in [4.69, 9.17) is 19.4 Å². The molecular formula is C27H33FN4O3S. The van der Waals surface area contributed by atoms with E-state index < -0.39 is 0 Å². The number of thiophene rings is 1. The van der Waals surface area contributed by atoms with Crippen LogP contribution in [0.4, 0.5) is 4.39 Å². The third-order valence-electron chi connectivity index (χ3n) is 7.39. The summed E-state index contributed by atoms with van der Waals surface area (Å²) in [5.41, 5.74) is 4.13.